The Balaban J connectivity index is 1.87. The number of aliphatic hydroxyl groups is 1. The Labute approximate surface area is 124 Å². The average Bonchev–Trinajstić information content (AvgIpc) is 2.48. The summed E-state index contributed by atoms with van der Waals surface area (Å²) in [6, 6.07) is 10.6. The number of carbonyl (C=O) groups excluding carboxylic acids is 1. The minimum absolute atomic E-state index is 0.110. The van der Waals surface area contributed by atoms with Gasteiger partial charge in [0.15, 0.2) is 6.61 Å². The van der Waals surface area contributed by atoms with Crippen LogP contribution in [0.15, 0.2) is 47.1 Å². The van der Waals surface area contributed by atoms with E-state index >= 15 is 0 Å². The molecule has 104 valence electrons. The van der Waals surface area contributed by atoms with Crippen LogP contribution in [0.3, 0.4) is 0 Å². The van der Waals surface area contributed by atoms with Gasteiger partial charge in [0.1, 0.15) is 5.75 Å². The first-order chi connectivity index (χ1) is 9.69. The first-order valence-corrected chi connectivity index (χ1v) is 6.71. The largest absolute Gasteiger partial charge is 0.482 e. The fourth-order valence-electron chi connectivity index (χ4n) is 1.49. The number of benzene rings is 1. The molecular weight excluding hydrogens is 324 g/mol. The maximum absolute atomic E-state index is 11.7. The van der Waals surface area contributed by atoms with Gasteiger partial charge >= 0.3 is 0 Å². The number of aromatic nitrogens is 1. The molecule has 1 aromatic carbocycles. The summed E-state index contributed by atoms with van der Waals surface area (Å²) in [5.74, 6) is 0.215. The molecule has 0 fully saturated rings. The molecule has 0 saturated carbocycles. The Morgan fingerprint density at radius 3 is 2.75 bits per heavy atom. The number of ether oxygens (including phenoxy) is 1. The van der Waals surface area contributed by atoms with E-state index in [9.17, 15) is 4.79 Å². The summed E-state index contributed by atoms with van der Waals surface area (Å²) in [7, 11) is 0. The van der Waals surface area contributed by atoms with E-state index in [-0.39, 0.29) is 19.1 Å². The molecule has 2 rings (SSSR count). The number of rotatable bonds is 5. The summed E-state index contributed by atoms with van der Waals surface area (Å²) in [5, 5.41) is 11.6. The van der Waals surface area contributed by atoms with Gasteiger partial charge in [-0.15, -0.1) is 0 Å². The maximum Gasteiger partial charge on any atom is 0.262 e. The lowest BCUT2D eigenvalue weighted by atomic mass is 10.3. The molecule has 1 heterocycles. The molecule has 2 N–H and O–H groups in total. The number of hydrogen-bond acceptors (Lipinski definition) is 4. The fraction of sp³-hybridized carbons (Fsp3) is 0.143. The number of para-hydroxylation sites is 1. The number of halogens is 1. The van der Waals surface area contributed by atoms with Crippen molar-refractivity contribution in [3.8, 4) is 5.75 Å². The highest BCUT2D eigenvalue weighted by molar-refractivity contribution is 9.10. The van der Waals surface area contributed by atoms with Crippen LogP contribution < -0.4 is 10.1 Å². The molecule has 0 saturated heterocycles. The van der Waals surface area contributed by atoms with Crippen molar-refractivity contribution in [3.63, 3.8) is 0 Å². The standard InChI is InChI=1S/C14H13BrN2O3/c15-12-3-1-2-4-13(12)17-14(19)9-20-11-6-5-10(8-18)16-7-11/h1-7,18H,8-9H2,(H,17,19). The van der Waals surface area contributed by atoms with Gasteiger partial charge in [0, 0.05) is 4.47 Å². The molecule has 6 heteroatoms. The lowest BCUT2D eigenvalue weighted by Gasteiger charge is -2.08. The Morgan fingerprint density at radius 2 is 2.10 bits per heavy atom. The zero-order valence-electron chi connectivity index (χ0n) is 10.5. The molecular formula is C14H13BrN2O3. The van der Waals surface area contributed by atoms with E-state index in [0.29, 0.717) is 17.1 Å². The second kappa shape index (κ2) is 7.02. The number of aliphatic hydroxyl groups excluding tert-OH is 1. The number of pyridine rings is 1. The fourth-order valence-corrected chi connectivity index (χ4v) is 1.87. The van der Waals surface area contributed by atoms with Gasteiger partial charge in [-0.3, -0.25) is 9.78 Å². The van der Waals surface area contributed by atoms with E-state index in [0.717, 1.165) is 4.47 Å². The molecule has 1 aromatic heterocycles. The van der Waals surface area contributed by atoms with Crippen LogP contribution in [0.1, 0.15) is 5.69 Å². The highest BCUT2D eigenvalue weighted by Gasteiger charge is 2.06. The molecule has 0 aliphatic heterocycles. The van der Waals surface area contributed by atoms with Crippen LogP contribution in [-0.2, 0) is 11.4 Å². The summed E-state index contributed by atoms with van der Waals surface area (Å²) >= 11 is 3.35. The summed E-state index contributed by atoms with van der Waals surface area (Å²) in [6.45, 7) is -0.232. The molecule has 1 amide bonds. The number of hydrogen-bond donors (Lipinski definition) is 2. The quantitative estimate of drug-likeness (QED) is 0.879. The summed E-state index contributed by atoms with van der Waals surface area (Å²) in [6.07, 6.45) is 1.47. The van der Waals surface area contributed by atoms with E-state index in [4.69, 9.17) is 9.84 Å². The zero-order chi connectivity index (χ0) is 14.4. The van der Waals surface area contributed by atoms with Crippen molar-refractivity contribution in [2.75, 3.05) is 11.9 Å². The van der Waals surface area contributed by atoms with Crippen molar-refractivity contribution in [1.82, 2.24) is 4.98 Å². The highest BCUT2D eigenvalue weighted by atomic mass is 79.9. The lowest BCUT2D eigenvalue weighted by Crippen LogP contribution is -2.20. The van der Waals surface area contributed by atoms with Gasteiger partial charge in [-0.25, -0.2) is 0 Å². The Hall–Kier alpha value is -1.92. The monoisotopic (exact) mass is 336 g/mol. The molecule has 5 nitrogen and oxygen atoms in total. The summed E-state index contributed by atoms with van der Waals surface area (Å²) < 4.78 is 6.12. The van der Waals surface area contributed by atoms with E-state index in [1.165, 1.54) is 6.20 Å². The van der Waals surface area contributed by atoms with Crippen LogP contribution in [0.4, 0.5) is 5.69 Å². The average molecular weight is 337 g/mol. The summed E-state index contributed by atoms with van der Waals surface area (Å²) in [5.41, 5.74) is 1.24. The number of amides is 1. The van der Waals surface area contributed by atoms with Crippen molar-refractivity contribution < 1.29 is 14.6 Å². The second-order valence-electron chi connectivity index (χ2n) is 3.96. The van der Waals surface area contributed by atoms with Crippen LogP contribution in [-0.4, -0.2) is 22.6 Å². The van der Waals surface area contributed by atoms with Crippen LogP contribution in [0.2, 0.25) is 0 Å². The smallest absolute Gasteiger partial charge is 0.262 e. The van der Waals surface area contributed by atoms with E-state index in [2.05, 4.69) is 26.2 Å². The number of nitrogens with one attached hydrogen (secondary N) is 1. The topological polar surface area (TPSA) is 71.5 Å². The second-order valence-corrected chi connectivity index (χ2v) is 4.81. The minimum atomic E-state index is -0.261. The Morgan fingerprint density at radius 1 is 1.30 bits per heavy atom. The van der Waals surface area contributed by atoms with Gasteiger partial charge < -0.3 is 15.2 Å². The van der Waals surface area contributed by atoms with Crippen molar-refractivity contribution in [3.05, 3.63) is 52.8 Å². The Bertz CT molecular complexity index is 587. The van der Waals surface area contributed by atoms with Crippen molar-refractivity contribution in [2.24, 2.45) is 0 Å². The SMILES string of the molecule is O=C(COc1ccc(CO)nc1)Nc1ccccc1Br. The normalized spacial score (nSPS) is 10.1. The van der Waals surface area contributed by atoms with Gasteiger partial charge in [-0.1, -0.05) is 12.1 Å². The Kier molecular flexibility index (Phi) is 5.09. The van der Waals surface area contributed by atoms with Gasteiger partial charge in [0.05, 0.1) is 24.2 Å². The van der Waals surface area contributed by atoms with E-state index in [1.807, 2.05) is 18.2 Å². The molecule has 0 unspecified atom stereocenters. The third-order valence-corrected chi connectivity index (χ3v) is 3.17. The number of carbonyl (C=O) groups is 1. The van der Waals surface area contributed by atoms with Crippen LogP contribution >= 0.6 is 15.9 Å². The van der Waals surface area contributed by atoms with Crippen molar-refractivity contribution in [2.45, 2.75) is 6.61 Å². The van der Waals surface area contributed by atoms with Gasteiger partial charge in [-0.05, 0) is 40.2 Å². The van der Waals surface area contributed by atoms with Crippen LogP contribution in [0, 0.1) is 0 Å². The maximum atomic E-state index is 11.7. The third kappa shape index (κ3) is 4.04. The highest BCUT2D eigenvalue weighted by Crippen LogP contribution is 2.21. The van der Waals surface area contributed by atoms with Crippen LogP contribution in [0.25, 0.3) is 0 Å². The van der Waals surface area contributed by atoms with Gasteiger partial charge in [-0.2, -0.15) is 0 Å². The van der Waals surface area contributed by atoms with E-state index in [1.54, 1.807) is 18.2 Å². The van der Waals surface area contributed by atoms with Crippen molar-refractivity contribution >= 4 is 27.5 Å². The third-order valence-electron chi connectivity index (χ3n) is 2.48. The zero-order valence-corrected chi connectivity index (χ0v) is 12.1. The van der Waals surface area contributed by atoms with Crippen LogP contribution in [0.5, 0.6) is 5.75 Å². The predicted octanol–water partition coefficient (Wildman–Crippen LogP) is 2.35. The predicted molar refractivity (Wildman–Crippen MR) is 78.4 cm³/mol. The molecule has 0 radical (unpaired) electrons. The molecule has 0 aliphatic carbocycles. The molecule has 2 aromatic rings. The number of nitrogens with zero attached hydrogens (tertiary/aromatic N) is 1. The van der Waals surface area contributed by atoms with Gasteiger partial charge in [0.2, 0.25) is 0 Å². The lowest BCUT2D eigenvalue weighted by molar-refractivity contribution is -0.118. The molecule has 0 spiro atoms. The first-order valence-electron chi connectivity index (χ1n) is 5.92. The summed E-state index contributed by atoms with van der Waals surface area (Å²) in [4.78, 5) is 15.7. The molecule has 20 heavy (non-hydrogen) atoms. The van der Waals surface area contributed by atoms with Gasteiger partial charge in [0.25, 0.3) is 5.91 Å². The van der Waals surface area contributed by atoms with Crippen molar-refractivity contribution in [1.29, 1.82) is 0 Å². The molecule has 0 atom stereocenters. The minimum Gasteiger partial charge on any atom is -0.482 e. The molecule has 0 aliphatic rings. The molecule has 0 bridgehead atoms. The first kappa shape index (κ1) is 14.5. The number of anilines is 1. The van der Waals surface area contributed by atoms with E-state index < -0.39 is 0 Å².